The van der Waals surface area contributed by atoms with Crippen LogP contribution in [0.2, 0.25) is 0 Å². The minimum atomic E-state index is -4.19. The molecule has 1 N–H and O–H groups in total. The zero-order valence-corrected chi connectivity index (χ0v) is 10.6. The largest absolute Gasteiger partial charge is 0.487 e. The lowest BCUT2D eigenvalue weighted by Gasteiger charge is -2.19. The van der Waals surface area contributed by atoms with Crippen LogP contribution in [0.4, 0.5) is 19.0 Å². The number of alkyl halides is 3. The van der Waals surface area contributed by atoms with Crippen LogP contribution in [0, 0.1) is 0 Å². The molecule has 0 bridgehead atoms. The van der Waals surface area contributed by atoms with E-state index in [1.165, 1.54) is 13.1 Å². The maximum absolute atomic E-state index is 12.2. The van der Waals surface area contributed by atoms with Gasteiger partial charge in [0.15, 0.2) is 11.6 Å². The van der Waals surface area contributed by atoms with Crippen LogP contribution in [0.3, 0.4) is 0 Å². The molecule has 0 saturated carbocycles. The van der Waals surface area contributed by atoms with Crippen molar-refractivity contribution in [2.75, 3.05) is 5.32 Å². The van der Waals surface area contributed by atoms with E-state index >= 15 is 0 Å². The van der Waals surface area contributed by atoms with E-state index in [1.807, 2.05) is 13.8 Å². The Morgan fingerprint density at radius 2 is 2.00 bits per heavy atom. The Morgan fingerprint density at radius 3 is 2.56 bits per heavy atom. The molecule has 0 spiro atoms. The molecule has 1 rings (SSSR count). The zero-order valence-electron chi connectivity index (χ0n) is 10.6. The summed E-state index contributed by atoms with van der Waals surface area (Å²) in [6, 6.07) is 2.60. The summed E-state index contributed by atoms with van der Waals surface area (Å²) in [5.74, 6) is 0.796. The molecular formula is C12H17F3N2O. The smallest absolute Gasteiger partial charge is 0.391 e. The summed E-state index contributed by atoms with van der Waals surface area (Å²) in [4.78, 5) is 4.00. The molecule has 102 valence electrons. The van der Waals surface area contributed by atoms with Crippen molar-refractivity contribution in [1.29, 1.82) is 0 Å². The molecule has 0 saturated heterocycles. The van der Waals surface area contributed by atoms with Crippen molar-refractivity contribution < 1.29 is 17.9 Å². The number of ether oxygens (including phenoxy) is 1. The van der Waals surface area contributed by atoms with Crippen molar-refractivity contribution in [3.63, 3.8) is 0 Å². The molecule has 1 aromatic heterocycles. The number of nitrogens with one attached hydrogen (secondary N) is 1. The molecule has 0 amide bonds. The van der Waals surface area contributed by atoms with E-state index in [2.05, 4.69) is 10.3 Å². The molecule has 0 fully saturated rings. The van der Waals surface area contributed by atoms with Crippen molar-refractivity contribution in [3.8, 4) is 5.75 Å². The van der Waals surface area contributed by atoms with E-state index in [0.29, 0.717) is 11.6 Å². The summed E-state index contributed by atoms with van der Waals surface area (Å²) in [5.41, 5.74) is 0. The van der Waals surface area contributed by atoms with Gasteiger partial charge in [-0.25, -0.2) is 4.98 Å². The van der Waals surface area contributed by atoms with E-state index in [4.69, 9.17) is 4.74 Å². The lowest BCUT2D eigenvalue weighted by molar-refractivity contribution is -0.136. The van der Waals surface area contributed by atoms with Gasteiger partial charge in [-0.3, -0.25) is 0 Å². The van der Waals surface area contributed by atoms with Crippen molar-refractivity contribution in [2.24, 2.45) is 0 Å². The highest BCUT2D eigenvalue weighted by atomic mass is 19.4. The molecule has 0 aromatic carbocycles. The Balaban J connectivity index is 2.71. The monoisotopic (exact) mass is 262 g/mol. The first-order valence-corrected chi connectivity index (χ1v) is 5.73. The van der Waals surface area contributed by atoms with Gasteiger partial charge >= 0.3 is 6.18 Å². The molecule has 1 atom stereocenters. The van der Waals surface area contributed by atoms with Crippen LogP contribution < -0.4 is 10.1 Å². The maximum atomic E-state index is 12.2. The highest BCUT2D eigenvalue weighted by Crippen LogP contribution is 2.26. The number of hydrogen-bond acceptors (Lipinski definition) is 3. The fraction of sp³-hybridized carbons (Fsp3) is 0.583. The van der Waals surface area contributed by atoms with Crippen LogP contribution in [-0.2, 0) is 0 Å². The Labute approximate surface area is 104 Å². The van der Waals surface area contributed by atoms with Crippen molar-refractivity contribution >= 4 is 5.82 Å². The average molecular weight is 262 g/mol. The van der Waals surface area contributed by atoms with Crippen LogP contribution in [0.5, 0.6) is 5.75 Å². The molecule has 1 unspecified atom stereocenters. The van der Waals surface area contributed by atoms with Crippen LogP contribution in [-0.4, -0.2) is 23.3 Å². The quantitative estimate of drug-likeness (QED) is 0.880. The molecule has 6 heteroatoms. The molecule has 0 aliphatic heterocycles. The van der Waals surface area contributed by atoms with E-state index in [9.17, 15) is 13.2 Å². The van der Waals surface area contributed by atoms with Crippen LogP contribution in [0.15, 0.2) is 18.3 Å². The first kappa shape index (κ1) is 14.6. The lowest BCUT2D eigenvalue weighted by Crippen LogP contribution is -2.24. The molecular weight excluding hydrogens is 245 g/mol. The van der Waals surface area contributed by atoms with Crippen LogP contribution in [0.1, 0.15) is 27.2 Å². The molecule has 1 heterocycles. The normalized spacial score (nSPS) is 13.5. The van der Waals surface area contributed by atoms with Gasteiger partial charge in [0.05, 0.1) is 12.5 Å². The second-order valence-electron chi connectivity index (χ2n) is 4.38. The average Bonchev–Trinajstić information content (AvgIpc) is 2.17. The molecule has 0 aliphatic rings. The van der Waals surface area contributed by atoms with Gasteiger partial charge < -0.3 is 10.1 Å². The third-order valence-corrected chi connectivity index (χ3v) is 2.05. The van der Waals surface area contributed by atoms with Gasteiger partial charge in [-0.1, -0.05) is 0 Å². The summed E-state index contributed by atoms with van der Waals surface area (Å²) in [5, 5.41) is 2.72. The number of halogens is 3. The summed E-state index contributed by atoms with van der Waals surface area (Å²) in [6.07, 6.45) is -3.66. The van der Waals surface area contributed by atoms with Gasteiger partial charge in [0.2, 0.25) is 0 Å². The third kappa shape index (κ3) is 5.25. The second-order valence-corrected chi connectivity index (χ2v) is 4.38. The molecule has 0 aliphatic carbocycles. The molecule has 18 heavy (non-hydrogen) atoms. The fourth-order valence-electron chi connectivity index (χ4n) is 1.48. The SMILES string of the molecule is CC(CC(F)(F)F)Nc1ncccc1OC(C)C. The summed E-state index contributed by atoms with van der Waals surface area (Å²) >= 11 is 0. The predicted molar refractivity (Wildman–Crippen MR) is 63.8 cm³/mol. The van der Waals surface area contributed by atoms with Gasteiger partial charge in [0, 0.05) is 12.2 Å². The predicted octanol–water partition coefficient (Wildman–Crippen LogP) is 3.62. The Hall–Kier alpha value is -1.46. The number of aromatic nitrogens is 1. The van der Waals surface area contributed by atoms with Gasteiger partial charge in [0.25, 0.3) is 0 Å². The van der Waals surface area contributed by atoms with Gasteiger partial charge in [-0.05, 0) is 32.9 Å². The first-order valence-electron chi connectivity index (χ1n) is 5.73. The van der Waals surface area contributed by atoms with Crippen molar-refractivity contribution in [3.05, 3.63) is 18.3 Å². The number of nitrogens with zero attached hydrogens (tertiary/aromatic N) is 1. The van der Waals surface area contributed by atoms with E-state index in [1.54, 1.807) is 12.1 Å². The standard InChI is InChI=1S/C12H17F3N2O/c1-8(2)18-10-5-4-6-16-11(10)17-9(3)7-12(13,14)15/h4-6,8-9H,7H2,1-3H3,(H,16,17). The molecule has 1 aromatic rings. The minimum Gasteiger partial charge on any atom is -0.487 e. The lowest BCUT2D eigenvalue weighted by atomic mass is 10.2. The van der Waals surface area contributed by atoms with Crippen molar-refractivity contribution in [1.82, 2.24) is 4.98 Å². The Morgan fingerprint density at radius 1 is 1.33 bits per heavy atom. The Bertz CT molecular complexity index is 380. The van der Waals surface area contributed by atoms with E-state index in [0.717, 1.165) is 0 Å². The summed E-state index contributed by atoms with van der Waals surface area (Å²) in [7, 11) is 0. The summed E-state index contributed by atoms with van der Waals surface area (Å²) in [6.45, 7) is 5.15. The number of pyridine rings is 1. The number of anilines is 1. The van der Waals surface area contributed by atoms with Gasteiger partial charge in [0.1, 0.15) is 0 Å². The van der Waals surface area contributed by atoms with Gasteiger partial charge in [-0.15, -0.1) is 0 Å². The first-order chi connectivity index (χ1) is 8.28. The van der Waals surface area contributed by atoms with E-state index < -0.39 is 18.6 Å². The maximum Gasteiger partial charge on any atom is 0.391 e. The van der Waals surface area contributed by atoms with E-state index in [-0.39, 0.29) is 6.10 Å². The summed E-state index contributed by atoms with van der Waals surface area (Å²) < 4.78 is 42.2. The minimum absolute atomic E-state index is 0.0623. The second kappa shape index (κ2) is 5.93. The molecule has 3 nitrogen and oxygen atoms in total. The third-order valence-electron chi connectivity index (χ3n) is 2.05. The number of hydrogen-bond donors (Lipinski definition) is 1. The van der Waals surface area contributed by atoms with Gasteiger partial charge in [-0.2, -0.15) is 13.2 Å². The number of rotatable bonds is 5. The topological polar surface area (TPSA) is 34.2 Å². The zero-order chi connectivity index (χ0) is 13.8. The molecule has 0 radical (unpaired) electrons. The highest BCUT2D eigenvalue weighted by molar-refractivity contribution is 5.50. The highest BCUT2D eigenvalue weighted by Gasteiger charge is 2.30. The fourth-order valence-corrected chi connectivity index (χ4v) is 1.48. The van der Waals surface area contributed by atoms with Crippen LogP contribution in [0.25, 0.3) is 0 Å². The van der Waals surface area contributed by atoms with Crippen LogP contribution >= 0.6 is 0 Å². The Kier molecular flexibility index (Phi) is 4.81. The van der Waals surface area contributed by atoms with Crippen molar-refractivity contribution in [2.45, 2.75) is 45.5 Å².